The molecule has 2 aliphatic rings. The van der Waals surface area contributed by atoms with Gasteiger partial charge in [0.2, 0.25) is 0 Å². The van der Waals surface area contributed by atoms with E-state index in [0.29, 0.717) is 23.8 Å². The largest absolute Gasteiger partial charge is 0.487 e. The second-order valence-corrected chi connectivity index (χ2v) is 8.71. The van der Waals surface area contributed by atoms with E-state index < -0.39 is 0 Å². The van der Waals surface area contributed by atoms with Gasteiger partial charge in [0.1, 0.15) is 23.4 Å². The summed E-state index contributed by atoms with van der Waals surface area (Å²) in [6.07, 6.45) is 2.12. The third-order valence-corrected chi connectivity index (χ3v) is 6.40. The third kappa shape index (κ3) is 5.18. The normalized spacial score (nSPS) is 22.3. The Labute approximate surface area is 183 Å². The van der Waals surface area contributed by atoms with Crippen LogP contribution in [-0.4, -0.2) is 60.1 Å². The predicted octanol–water partition coefficient (Wildman–Crippen LogP) is 3.98. The molecule has 2 aromatic rings. The molecule has 0 saturated carbocycles. The molecule has 166 valence electrons. The minimum Gasteiger partial charge on any atom is -0.487 e. The molecule has 5 nitrogen and oxygen atoms in total. The van der Waals surface area contributed by atoms with Crippen molar-refractivity contribution >= 4 is 5.91 Å². The Morgan fingerprint density at radius 2 is 1.71 bits per heavy atom. The lowest BCUT2D eigenvalue weighted by molar-refractivity contribution is -0.137. The summed E-state index contributed by atoms with van der Waals surface area (Å²) in [6, 6.07) is 16.6. The highest BCUT2D eigenvalue weighted by Crippen LogP contribution is 2.36. The molecule has 4 rings (SSSR count). The summed E-state index contributed by atoms with van der Waals surface area (Å²) in [7, 11) is 0. The van der Waals surface area contributed by atoms with Crippen LogP contribution in [0.3, 0.4) is 0 Å². The number of hydrogen-bond donors (Lipinski definition) is 0. The first-order valence-corrected chi connectivity index (χ1v) is 11.1. The van der Waals surface area contributed by atoms with Crippen LogP contribution in [0.25, 0.3) is 0 Å². The molecule has 0 spiro atoms. The molecule has 0 N–H and O–H groups in total. The van der Waals surface area contributed by atoms with Crippen LogP contribution >= 0.6 is 0 Å². The van der Waals surface area contributed by atoms with E-state index >= 15 is 0 Å². The van der Waals surface area contributed by atoms with Crippen molar-refractivity contribution in [3.63, 3.8) is 0 Å². The first kappa shape index (κ1) is 21.6. The molecule has 0 aliphatic carbocycles. The van der Waals surface area contributed by atoms with Gasteiger partial charge in [-0.3, -0.25) is 9.69 Å². The summed E-state index contributed by atoms with van der Waals surface area (Å²) >= 11 is 0. The van der Waals surface area contributed by atoms with Gasteiger partial charge in [0, 0.05) is 25.7 Å². The van der Waals surface area contributed by atoms with E-state index in [2.05, 4.69) is 18.7 Å². The number of amides is 1. The van der Waals surface area contributed by atoms with E-state index in [1.807, 2.05) is 35.2 Å². The third-order valence-electron chi connectivity index (χ3n) is 6.40. The fourth-order valence-electron chi connectivity index (χ4n) is 4.68. The number of rotatable bonds is 7. The summed E-state index contributed by atoms with van der Waals surface area (Å²) < 4.78 is 24.8. The highest BCUT2D eigenvalue weighted by atomic mass is 19.1. The molecule has 0 bridgehead atoms. The zero-order valence-corrected chi connectivity index (χ0v) is 18.2. The van der Waals surface area contributed by atoms with E-state index in [9.17, 15) is 9.18 Å². The number of ether oxygens (including phenoxy) is 2. The topological polar surface area (TPSA) is 42.0 Å². The Hall–Kier alpha value is -2.60. The van der Waals surface area contributed by atoms with E-state index in [4.69, 9.17) is 9.47 Å². The lowest BCUT2D eigenvalue weighted by atomic mass is 9.79. The Morgan fingerprint density at radius 3 is 2.35 bits per heavy atom. The molecule has 2 saturated heterocycles. The zero-order valence-electron chi connectivity index (χ0n) is 18.2. The average Bonchev–Trinajstić information content (AvgIpc) is 2.76. The van der Waals surface area contributed by atoms with Gasteiger partial charge in [0.25, 0.3) is 5.91 Å². The van der Waals surface area contributed by atoms with Crippen molar-refractivity contribution in [2.75, 3.05) is 26.2 Å². The van der Waals surface area contributed by atoms with Crippen molar-refractivity contribution in [3.05, 3.63) is 60.4 Å². The van der Waals surface area contributed by atoms with Crippen molar-refractivity contribution < 1.29 is 18.7 Å². The molecule has 2 aromatic carbocycles. The van der Waals surface area contributed by atoms with E-state index in [1.54, 1.807) is 12.1 Å². The molecule has 6 heteroatoms. The summed E-state index contributed by atoms with van der Waals surface area (Å²) in [4.78, 5) is 17.0. The molecule has 2 unspecified atom stereocenters. The van der Waals surface area contributed by atoms with Crippen molar-refractivity contribution in [1.82, 2.24) is 9.80 Å². The summed E-state index contributed by atoms with van der Waals surface area (Å²) in [5, 5.41) is 0. The molecule has 2 fully saturated rings. The maximum atomic E-state index is 13.0. The molecule has 1 amide bonds. The van der Waals surface area contributed by atoms with Crippen LogP contribution in [0.4, 0.5) is 4.39 Å². The molecular formula is C25H31FN2O3. The van der Waals surface area contributed by atoms with E-state index in [0.717, 1.165) is 38.2 Å². The van der Waals surface area contributed by atoms with Gasteiger partial charge in [-0.15, -0.1) is 0 Å². The van der Waals surface area contributed by atoms with Crippen LogP contribution < -0.4 is 9.47 Å². The molecule has 0 aromatic heterocycles. The molecule has 2 atom stereocenters. The number of benzene rings is 2. The fourth-order valence-corrected chi connectivity index (χ4v) is 4.68. The Morgan fingerprint density at radius 1 is 1.03 bits per heavy atom. The van der Waals surface area contributed by atoms with Crippen LogP contribution in [-0.2, 0) is 4.79 Å². The SMILES string of the molecule is CC(C)N1CC(Oc2ccccc2)C1C1CCN(C(=O)COc2ccc(F)cc2)CC1. The minimum atomic E-state index is -0.318. The molecule has 0 radical (unpaired) electrons. The van der Waals surface area contributed by atoms with Gasteiger partial charge in [-0.1, -0.05) is 18.2 Å². The lowest BCUT2D eigenvalue weighted by Gasteiger charge is -2.54. The second kappa shape index (κ2) is 9.69. The molecule has 2 heterocycles. The van der Waals surface area contributed by atoms with Crippen molar-refractivity contribution in [1.29, 1.82) is 0 Å². The Bertz CT molecular complexity index is 851. The molecular weight excluding hydrogens is 395 g/mol. The summed E-state index contributed by atoms with van der Waals surface area (Å²) in [5.74, 6) is 1.60. The number of hydrogen-bond acceptors (Lipinski definition) is 4. The van der Waals surface area contributed by atoms with E-state index in [1.165, 1.54) is 12.1 Å². The van der Waals surface area contributed by atoms with Crippen molar-refractivity contribution in [3.8, 4) is 11.5 Å². The van der Waals surface area contributed by atoms with Gasteiger partial charge < -0.3 is 14.4 Å². The van der Waals surface area contributed by atoms with Gasteiger partial charge in [-0.05, 0) is 69.0 Å². The number of nitrogens with zero attached hydrogens (tertiary/aromatic N) is 2. The fraction of sp³-hybridized carbons (Fsp3) is 0.480. The van der Waals surface area contributed by atoms with Gasteiger partial charge in [-0.25, -0.2) is 4.39 Å². The van der Waals surface area contributed by atoms with Gasteiger partial charge in [0.15, 0.2) is 6.61 Å². The number of likely N-dealkylation sites (tertiary alicyclic amines) is 2. The Kier molecular flexibility index (Phi) is 6.76. The number of carbonyl (C=O) groups is 1. The summed E-state index contributed by atoms with van der Waals surface area (Å²) in [6.45, 7) is 6.86. The van der Waals surface area contributed by atoms with E-state index in [-0.39, 0.29) is 24.4 Å². The van der Waals surface area contributed by atoms with Crippen LogP contribution in [0.15, 0.2) is 54.6 Å². The van der Waals surface area contributed by atoms with Gasteiger partial charge >= 0.3 is 0 Å². The number of piperidine rings is 1. The quantitative estimate of drug-likeness (QED) is 0.672. The Balaban J connectivity index is 1.29. The van der Waals surface area contributed by atoms with Crippen LogP contribution in [0.2, 0.25) is 0 Å². The first-order valence-electron chi connectivity index (χ1n) is 11.1. The molecule has 31 heavy (non-hydrogen) atoms. The van der Waals surface area contributed by atoms with Gasteiger partial charge in [0.05, 0.1) is 6.04 Å². The smallest absolute Gasteiger partial charge is 0.260 e. The van der Waals surface area contributed by atoms with Crippen LogP contribution in [0.1, 0.15) is 26.7 Å². The second-order valence-electron chi connectivity index (χ2n) is 8.71. The summed E-state index contributed by atoms with van der Waals surface area (Å²) in [5.41, 5.74) is 0. The van der Waals surface area contributed by atoms with Crippen LogP contribution in [0.5, 0.6) is 11.5 Å². The highest BCUT2D eigenvalue weighted by molar-refractivity contribution is 5.77. The van der Waals surface area contributed by atoms with Gasteiger partial charge in [-0.2, -0.15) is 0 Å². The maximum Gasteiger partial charge on any atom is 0.260 e. The first-order chi connectivity index (χ1) is 15.0. The number of halogens is 1. The number of para-hydroxylation sites is 1. The highest BCUT2D eigenvalue weighted by Gasteiger charge is 2.47. The van der Waals surface area contributed by atoms with Crippen molar-refractivity contribution in [2.45, 2.75) is 44.9 Å². The predicted molar refractivity (Wildman–Crippen MR) is 118 cm³/mol. The monoisotopic (exact) mass is 426 g/mol. The maximum absolute atomic E-state index is 13.0. The molecule has 2 aliphatic heterocycles. The van der Waals surface area contributed by atoms with Crippen LogP contribution in [0, 0.1) is 11.7 Å². The zero-order chi connectivity index (χ0) is 21.8. The van der Waals surface area contributed by atoms with Crippen molar-refractivity contribution in [2.24, 2.45) is 5.92 Å². The standard InChI is InChI=1S/C25H31FN2O3/c1-18(2)28-16-23(31-22-6-4-3-5-7-22)25(28)19-12-14-27(15-13-19)24(29)17-30-21-10-8-20(26)9-11-21/h3-11,18-19,23,25H,12-17H2,1-2H3. The minimum absolute atomic E-state index is 0.0163. The number of carbonyl (C=O) groups excluding carboxylic acids is 1. The average molecular weight is 427 g/mol. The lowest BCUT2D eigenvalue weighted by Crippen LogP contribution is -2.68.